The maximum Gasteiger partial charge on any atom is 0.312 e. The SMILES string of the molecule is CCNC(=O)CN(CC)C(=O)C(=O)NCCN. The summed E-state index contributed by atoms with van der Waals surface area (Å²) in [7, 11) is 0. The van der Waals surface area contributed by atoms with Gasteiger partial charge in [-0.1, -0.05) is 0 Å². The Morgan fingerprint density at radius 1 is 1.18 bits per heavy atom. The third kappa shape index (κ3) is 5.86. The van der Waals surface area contributed by atoms with E-state index in [0.717, 1.165) is 0 Å². The van der Waals surface area contributed by atoms with E-state index in [1.54, 1.807) is 13.8 Å². The second-order valence-corrected chi connectivity index (χ2v) is 3.32. The molecule has 98 valence electrons. The van der Waals surface area contributed by atoms with E-state index in [4.69, 9.17) is 5.73 Å². The first-order chi connectivity index (χ1) is 8.06. The Morgan fingerprint density at radius 3 is 2.29 bits per heavy atom. The van der Waals surface area contributed by atoms with E-state index >= 15 is 0 Å². The molecule has 0 saturated heterocycles. The van der Waals surface area contributed by atoms with Crippen molar-refractivity contribution in [2.75, 3.05) is 32.7 Å². The fourth-order valence-electron chi connectivity index (χ4n) is 1.16. The summed E-state index contributed by atoms with van der Waals surface area (Å²) >= 11 is 0. The lowest BCUT2D eigenvalue weighted by Crippen LogP contribution is -2.47. The average Bonchev–Trinajstić information content (AvgIpc) is 2.32. The molecule has 0 rings (SSSR count). The van der Waals surface area contributed by atoms with Crippen LogP contribution in [0.2, 0.25) is 0 Å². The molecule has 0 fully saturated rings. The minimum Gasteiger partial charge on any atom is -0.355 e. The number of carbonyl (C=O) groups is 3. The predicted molar refractivity (Wildman–Crippen MR) is 63.0 cm³/mol. The standard InChI is InChI=1S/C10H20N4O3/c1-3-12-8(15)7-14(4-2)10(17)9(16)13-6-5-11/h3-7,11H2,1-2H3,(H,12,15)(H,13,16). The Labute approximate surface area is 101 Å². The third-order valence-corrected chi connectivity index (χ3v) is 2.00. The topological polar surface area (TPSA) is 105 Å². The van der Waals surface area contributed by atoms with Crippen LogP contribution < -0.4 is 16.4 Å². The van der Waals surface area contributed by atoms with E-state index < -0.39 is 11.8 Å². The number of rotatable bonds is 6. The van der Waals surface area contributed by atoms with Gasteiger partial charge in [0, 0.05) is 26.2 Å². The molecular formula is C10H20N4O3. The summed E-state index contributed by atoms with van der Waals surface area (Å²) in [5.41, 5.74) is 5.20. The molecular weight excluding hydrogens is 224 g/mol. The molecule has 7 heteroatoms. The Morgan fingerprint density at radius 2 is 1.82 bits per heavy atom. The van der Waals surface area contributed by atoms with Crippen molar-refractivity contribution in [2.24, 2.45) is 5.73 Å². The lowest BCUT2D eigenvalue weighted by atomic mass is 10.4. The van der Waals surface area contributed by atoms with Crippen LogP contribution in [0.5, 0.6) is 0 Å². The molecule has 7 nitrogen and oxygen atoms in total. The Kier molecular flexibility index (Phi) is 7.70. The van der Waals surface area contributed by atoms with Gasteiger partial charge in [-0.3, -0.25) is 14.4 Å². The third-order valence-electron chi connectivity index (χ3n) is 2.00. The minimum absolute atomic E-state index is 0.112. The maximum absolute atomic E-state index is 11.6. The highest BCUT2D eigenvalue weighted by Crippen LogP contribution is 1.90. The number of hydrogen-bond donors (Lipinski definition) is 3. The number of nitrogens with two attached hydrogens (primary N) is 1. The van der Waals surface area contributed by atoms with Crippen LogP contribution in [0.15, 0.2) is 0 Å². The average molecular weight is 244 g/mol. The number of amides is 3. The first-order valence-corrected chi connectivity index (χ1v) is 5.60. The van der Waals surface area contributed by atoms with Crippen molar-refractivity contribution in [2.45, 2.75) is 13.8 Å². The van der Waals surface area contributed by atoms with Gasteiger partial charge < -0.3 is 21.3 Å². The summed E-state index contributed by atoms with van der Waals surface area (Å²) in [5.74, 6) is -1.73. The fourth-order valence-corrected chi connectivity index (χ4v) is 1.16. The highest BCUT2D eigenvalue weighted by Gasteiger charge is 2.21. The van der Waals surface area contributed by atoms with Crippen LogP contribution in [0, 0.1) is 0 Å². The van der Waals surface area contributed by atoms with Gasteiger partial charge in [0.05, 0.1) is 6.54 Å². The number of nitrogens with zero attached hydrogens (tertiary/aromatic N) is 1. The zero-order valence-corrected chi connectivity index (χ0v) is 10.3. The van der Waals surface area contributed by atoms with Crippen molar-refractivity contribution in [3.8, 4) is 0 Å². The summed E-state index contributed by atoms with van der Waals surface area (Å²) in [5, 5.41) is 4.93. The van der Waals surface area contributed by atoms with Gasteiger partial charge >= 0.3 is 11.8 Å². The summed E-state index contributed by atoms with van der Waals surface area (Å²) < 4.78 is 0. The second-order valence-electron chi connectivity index (χ2n) is 3.32. The highest BCUT2D eigenvalue weighted by molar-refractivity contribution is 6.35. The summed E-state index contributed by atoms with van der Waals surface area (Å²) in [6.07, 6.45) is 0. The molecule has 0 radical (unpaired) electrons. The first-order valence-electron chi connectivity index (χ1n) is 5.60. The van der Waals surface area contributed by atoms with E-state index in [2.05, 4.69) is 10.6 Å². The number of nitrogens with one attached hydrogen (secondary N) is 2. The van der Waals surface area contributed by atoms with Crippen molar-refractivity contribution in [1.82, 2.24) is 15.5 Å². The van der Waals surface area contributed by atoms with Crippen LogP contribution in [0.4, 0.5) is 0 Å². The monoisotopic (exact) mass is 244 g/mol. The van der Waals surface area contributed by atoms with Crippen LogP contribution in [0.25, 0.3) is 0 Å². The quantitative estimate of drug-likeness (QED) is 0.472. The van der Waals surface area contributed by atoms with E-state index in [9.17, 15) is 14.4 Å². The lowest BCUT2D eigenvalue weighted by Gasteiger charge is -2.19. The molecule has 0 aliphatic heterocycles. The van der Waals surface area contributed by atoms with Gasteiger partial charge in [-0.15, -0.1) is 0 Å². The molecule has 0 aromatic heterocycles. The van der Waals surface area contributed by atoms with Gasteiger partial charge in [0.15, 0.2) is 0 Å². The van der Waals surface area contributed by atoms with Crippen molar-refractivity contribution >= 4 is 17.7 Å². The molecule has 0 bridgehead atoms. The molecule has 4 N–H and O–H groups in total. The van der Waals surface area contributed by atoms with Crippen molar-refractivity contribution < 1.29 is 14.4 Å². The second kappa shape index (κ2) is 8.51. The molecule has 0 aromatic carbocycles. The Balaban J connectivity index is 4.29. The molecule has 0 saturated carbocycles. The number of likely N-dealkylation sites (N-methyl/N-ethyl adjacent to an activating group) is 2. The molecule has 0 aliphatic rings. The maximum atomic E-state index is 11.6. The van der Waals surface area contributed by atoms with Gasteiger partial charge in [-0.25, -0.2) is 0 Å². The summed E-state index contributed by atoms with van der Waals surface area (Å²) in [6, 6.07) is 0. The smallest absolute Gasteiger partial charge is 0.312 e. The van der Waals surface area contributed by atoms with E-state index in [0.29, 0.717) is 13.1 Å². The van der Waals surface area contributed by atoms with Gasteiger partial charge in [-0.05, 0) is 13.8 Å². The van der Waals surface area contributed by atoms with Crippen LogP contribution in [-0.4, -0.2) is 55.3 Å². The lowest BCUT2D eigenvalue weighted by molar-refractivity contribution is -0.147. The minimum atomic E-state index is -0.735. The van der Waals surface area contributed by atoms with Crippen LogP contribution >= 0.6 is 0 Å². The molecule has 0 aliphatic carbocycles. The van der Waals surface area contributed by atoms with Crippen LogP contribution in [0.3, 0.4) is 0 Å². The van der Waals surface area contributed by atoms with E-state index in [1.807, 2.05) is 0 Å². The van der Waals surface area contributed by atoms with Gasteiger partial charge in [0.25, 0.3) is 0 Å². The van der Waals surface area contributed by atoms with E-state index in [-0.39, 0.29) is 25.5 Å². The van der Waals surface area contributed by atoms with Gasteiger partial charge in [-0.2, -0.15) is 0 Å². The zero-order chi connectivity index (χ0) is 13.3. The van der Waals surface area contributed by atoms with Gasteiger partial charge in [0.1, 0.15) is 0 Å². The molecule has 17 heavy (non-hydrogen) atoms. The van der Waals surface area contributed by atoms with Crippen molar-refractivity contribution in [3.63, 3.8) is 0 Å². The van der Waals surface area contributed by atoms with Gasteiger partial charge in [0.2, 0.25) is 5.91 Å². The molecule has 0 heterocycles. The van der Waals surface area contributed by atoms with Crippen LogP contribution in [-0.2, 0) is 14.4 Å². The normalized spacial score (nSPS) is 9.59. The summed E-state index contributed by atoms with van der Waals surface area (Å²) in [6.45, 7) is 4.66. The largest absolute Gasteiger partial charge is 0.355 e. The van der Waals surface area contributed by atoms with Crippen molar-refractivity contribution in [3.05, 3.63) is 0 Å². The molecule has 3 amide bonds. The molecule has 0 atom stereocenters. The van der Waals surface area contributed by atoms with E-state index in [1.165, 1.54) is 4.90 Å². The molecule has 0 unspecified atom stereocenters. The number of hydrogen-bond acceptors (Lipinski definition) is 4. The summed E-state index contributed by atoms with van der Waals surface area (Å²) in [4.78, 5) is 35.4. The zero-order valence-electron chi connectivity index (χ0n) is 10.3. The predicted octanol–water partition coefficient (Wildman–Crippen LogP) is -1.95. The highest BCUT2D eigenvalue weighted by atomic mass is 16.2. The van der Waals surface area contributed by atoms with Crippen LogP contribution in [0.1, 0.15) is 13.8 Å². The molecule has 0 spiro atoms. The fraction of sp³-hybridized carbons (Fsp3) is 0.700. The Bertz CT molecular complexity index is 281. The number of carbonyl (C=O) groups excluding carboxylic acids is 3. The van der Waals surface area contributed by atoms with Crippen molar-refractivity contribution in [1.29, 1.82) is 0 Å². The Hall–Kier alpha value is -1.63. The first kappa shape index (κ1) is 15.4. The molecule has 0 aromatic rings.